The van der Waals surface area contributed by atoms with Crippen LogP contribution in [0.1, 0.15) is 75.5 Å². The number of aromatic nitrogens is 1. The van der Waals surface area contributed by atoms with Gasteiger partial charge in [0.05, 0.1) is 5.69 Å². The zero-order valence-corrected chi connectivity index (χ0v) is 20.9. The molecule has 1 atom stereocenters. The lowest BCUT2D eigenvalue weighted by Crippen LogP contribution is -2.11. The molecule has 3 rings (SSSR count). The Balaban J connectivity index is 0.000000344. The molecule has 5 heteroatoms. The fraction of sp³-hybridized carbons (Fsp3) is 0.407. The molecule has 1 aromatic carbocycles. The van der Waals surface area contributed by atoms with Gasteiger partial charge in [-0.2, -0.15) is 0 Å². The van der Waals surface area contributed by atoms with Crippen LogP contribution in [-0.4, -0.2) is 21.4 Å². The SMILES string of the molecule is CCC(C)CCC(=O)O.CCn1c(C(=O)C(=C(C)C)c2ccccc2C)cc2ccsc21. The van der Waals surface area contributed by atoms with E-state index in [1.165, 1.54) is 4.83 Å². The van der Waals surface area contributed by atoms with Crippen LogP contribution in [0.4, 0.5) is 0 Å². The Morgan fingerprint density at radius 2 is 1.81 bits per heavy atom. The van der Waals surface area contributed by atoms with Gasteiger partial charge in [-0.05, 0) is 68.7 Å². The van der Waals surface area contributed by atoms with Gasteiger partial charge in [0.25, 0.3) is 0 Å². The Kier molecular flexibility index (Phi) is 9.45. The molecule has 0 saturated heterocycles. The van der Waals surface area contributed by atoms with Crippen molar-refractivity contribution in [3.8, 4) is 0 Å². The normalized spacial score (nSPS) is 11.6. The van der Waals surface area contributed by atoms with Crippen molar-refractivity contribution < 1.29 is 14.7 Å². The molecule has 32 heavy (non-hydrogen) atoms. The van der Waals surface area contributed by atoms with Gasteiger partial charge >= 0.3 is 5.97 Å². The third-order valence-corrected chi connectivity index (χ3v) is 6.69. The molecular formula is C27H35NO3S. The van der Waals surface area contributed by atoms with E-state index in [0.717, 1.165) is 52.7 Å². The highest BCUT2D eigenvalue weighted by Crippen LogP contribution is 2.31. The maximum absolute atomic E-state index is 13.3. The number of benzene rings is 1. The maximum Gasteiger partial charge on any atom is 0.303 e. The Morgan fingerprint density at radius 3 is 2.38 bits per heavy atom. The highest BCUT2D eigenvalue weighted by atomic mass is 32.1. The molecule has 172 valence electrons. The van der Waals surface area contributed by atoms with Crippen LogP contribution in [0.15, 0.2) is 47.4 Å². The van der Waals surface area contributed by atoms with Crippen LogP contribution in [0.2, 0.25) is 0 Å². The standard InChI is InChI=1S/C20H21NOS.C7H14O2/c1-5-21-17(12-15-10-11-23-20(15)21)19(22)18(13(2)3)16-9-7-6-8-14(16)4;1-3-6(2)4-5-7(8)9/h6-12H,5H2,1-4H3;6H,3-5H2,1-2H3,(H,8,9). The molecule has 0 aliphatic rings. The first-order chi connectivity index (χ1) is 15.2. The molecule has 0 fully saturated rings. The van der Waals surface area contributed by atoms with Gasteiger partial charge in [0.2, 0.25) is 5.78 Å². The monoisotopic (exact) mass is 453 g/mol. The number of hydrogen-bond acceptors (Lipinski definition) is 3. The van der Waals surface area contributed by atoms with Gasteiger partial charge < -0.3 is 9.67 Å². The van der Waals surface area contributed by atoms with E-state index in [0.29, 0.717) is 12.3 Å². The Morgan fingerprint density at radius 1 is 1.12 bits per heavy atom. The number of carbonyl (C=O) groups excluding carboxylic acids is 1. The van der Waals surface area contributed by atoms with Gasteiger partial charge in [-0.15, -0.1) is 11.3 Å². The Bertz CT molecular complexity index is 1100. The van der Waals surface area contributed by atoms with Crippen LogP contribution >= 0.6 is 11.3 Å². The predicted octanol–water partition coefficient (Wildman–Crippen LogP) is 7.60. The van der Waals surface area contributed by atoms with E-state index >= 15 is 0 Å². The van der Waals surface area contributed by atoms with Crippen molar-refractivity contribution in [2.45, 2.75) is 67.3 Å². The number of ketones is 1. The quantitative estimate of drug-likeness (QED) is 0.282. The molecule has 0 amide bonds. The van der Waals surface area contributed by atoms with Gasteiger partial charge in [-0.3, -0.25) is 9.59 Å². The number of aryl methyl sites for hydroxylation is 2. The predicted molar refractivity (Wildman–Crippen MR) is 136 cm³/mol. The van der Waals surface area contributed by atoms with Crippen LogP contribution in [0.5, 0.6) is 0 Å². The summed E-state index contributed by atoms with van der Waals surface area (Å²) in [6, 6.07) is 12.2. The summed E-state index contributed by atoms with van der Waals surface area (Å²) in [4.78, 5) is 24.5. The summed E-state index contributed by atoms with van der Waals surface area (Å²) >= 11 is 1.69. The van der Waals surface area contributed by atoms with E-state index < -0.39 is 5.97 Å². The second-order valence-electron chi connectivity index (χ2n) is 8.42. The summed E-state index contributed by atoms with van der Waals surface area (Å²) in [6.07, 6.45) is 2.20. The molecule has 4 nitrogen and oxygen atoms in total. The highest BCUT2D eigenvalue weighted by molar-refractivity contribution is 7.16. The van der Waals surface area contributed by atoms with Crippen LogP contribution in [0.3, 0.4) is 0 Å². The second-order valence-corrected chi connectivity index (χ2v) is 9.31. The number of hydrogen-bond donors (Lipinski definition) is 1. The van der Waals surface area contributed by atoms with Crippen molar-refractivity contribution in [2.75, 3.05) is 0 Å². The topological polar surface area (TPSA) is 59.3 Å². The van der Waals surface area contributed by atoms with Crippen molar-refractivity contribution in [1.29, 1.82) is 0 Å². The van der Waals surface area contributed by atoms with Gasteiger partial charge in [-0.25, -0.2) is 0 Å². The average molecular weight is 454 g/mol. The molecule has 1 unspecified atom stereocenters. The number of carbonyl (C=O) groups is 2. The second kappa shape index (κ2) is 11.8. The summed E-state index contributed by atoms with van der Waals surface area (Å²) < 4.78 is 2.13. The van der Waals surface area contributed by atoms with Crippen molar-refractivity contribution in [2.24, 2.45) is 5.92 Å². The first-order valence-corrected chi connectivity index (χ1v) is 12.2. The summed E-state index contributed by atoms with van der Waals surface area (Å²) in [6.45, 7) is 13.1. The summed E-state index contributed by atoms with van der Waals surface area (Å²) in [5, 5.41) is 11.5. The van der Waals surface area contributed by atoms with Gasteiger partial charge in [0.15, 0.2) is 0 Å². The van der Waals surface area contributed by atoms with Crippen molar-refractivity contribution in [3.63, 3.8) is 0 Å². The first-order valence-electron chi connectivity index (χ1n) is 11.3. The van der Waals surface area contributed by atoms with Crippen LogP contribution < -0.4 is 0 Å². The number of Topliss-reactive ketones (excluding diaryl/α,β-unsaturated/α-hetero) is 1. The molecule has 2 aromatic heterocycles. The zero-order valence-electron chi connectivity index (χ0n) is 20.1. The lowest BCUT2D eigenvalue weighted by Gasteiger charge is -2.14. The summed E-state index contributed by atoms with van der Waals surface area (Å²) in [7, 11) is 0. The zero-order chi connectivity index (χ0) is 23.8. The molecule has 0 aliphatic heterocycles. The Labute approximate surface area is 195 Å². The molecular weight excluding hydrogens is 418 g/mol. The number of fused-ring (bicyclic) bond motifs is 1. The van der Waals surface area contributed by atoms with Crippen LogP contribution in [0.25, 0.3) is 15.8 Å². The molecule has 2 heterocycles. The van der Waals surface area contributed by atoms with E-state index in [2.05, 4.69) is 49.8 Å². The van der Waals surface area contributed by atoms with Gasteiger partial charge in [-0.1, -0.05) is 50.1 Å². The first kappa shape index (κ1) is 25.6. The smallest absolute Gasteiger partial charge is 0.303 e. The largest absolute Gasteiger partial charge is 0.481 e. The lowest BCUT2D eigenvalue weighted by molar-refractivity contribution is -0.137. The molecule has 1 N–H and O–H groups in total. The Hall–Kier alpha value is -2.66. The number of carboxylic acid groups (broad SMARTS) is 1. The van der Waals surface area contributed by atoms with Gasteiger partial charge in [0, 0.05) is 23.9 Å². The van der Waals surface area contributed by atoms with Gasteiger partial charge in [0.1, 0.15) is 4.83 Å². The van der Waals surface area contributed by atoms with Crippen LogP contribution in [-0.2, 0) is 11.3 Å². The van der Waals surface area contributed by atoms with Crippen molar-refractivity contribution >= 4 is 38.9 Å². The molecule has 0 aliphatic carbocycles. The van der Waals surface area contributed by atoms with Crippen molar-refractivity contribution in [1.82, 2.24) is 4.57 Å². The minimum Gasteiger partial charge on any atom is -0.481 e. The average Bonchev–Trinajstić information content (AvgIpc) is 3.34. The summed E-state index contributed by atoms with van der Waals surface area (Å²) in [5.74, 6) is -0.0130. The molecule has 0 saturated carbocycles. The van der Waals surface area contributed by atoms with E-state index in [1.807, 2.05) is 38.1 Å². The number of thiophene rings is 1. The fourth-order valence-electron chi connectivity index (χ4n) is 3.65. The molecule has 0 bridgehead atoms. The van der Waals surface area contributed by atoms with Crippen LogP contribution in [0, 0.1) is 12.8 Å². The number of allylic oxidation sites excluding steroid dienone is 2. The third kappa shape index (κ3) is 6.19. The number of carboxylic acids is 1. The number of rotatable bonds is 8. The highest BCUT2D eigenvalue weighted by Gasteiger charge is 2.22. The summed E-state index contributed by atoms with van der Waals surface area (Å²) in [5.41, 5.74) is 4.83. The molecule has 0 radical (unpaired) electrons. The van der Waals surface area contributed by atoms with E-state index in [1.54, 1.807) is 11.3 Å². The van der Waals surface area contributed by atoms with E-state index in [4.69, 9.17) is 5.11 Å². The van der Waals surface area contributed by atoms with Crippen molar-refractivity contribution in [3.05, 3.63) is 64.2 Å². The fourth-order valence-corrected chi connectivity index (χ4v) is 4.61. The number of nitrogens with zero attached hydrogens (tertiary/aromatic N) is 1. The molecule has 0 spiro atoms. The number of aliphatic carboxylic acids is 1. The molecule has 3 aromatic rings. The minimum atomic E-state index is -0.685. The lowest BCUT2D eigenvalue weighted by atomic mass is 9.92. The van der Waals surface area contributed by atoms with E-state index in [-0.39, 0.29) is 5.78 Å². The minimum absolute atomic E-state index is 0.115. The maximum atomic E-state index is 13.3. The van der Waals surface area contributed by atoms with E-state index in [9.17, 15) is 9.59 Å². The third-order valence-electron chi connectivity index (χ3n) is 5.74.